The molecule has 4 unspecified atom stereocenters. The predicted molar refractivity (Wildman–Crippen MR) is 90.3 cm³/mol. The summed E-state index contributed by atoms with van der Waals surface area (Å²) in [4.78, 5) is 12.2. The first-order chi connectivity index (χ1) is 10.2. The summed E-state index contributed by atoms with van der Waals surface area (Å²) in [6, 6.07) is 0. The molecule has 0 aromatic rings. The lowest BCUT2D eigenvalue weighted by Crippen LogP contribution is -2.54. The van der Waals surface area contributed by atoms with Gasteiger partial charge < -0.3 is 10.4 Å². The third-order valence-corrected chi connectivity index (χ3v) is 6.07. The molecule has 0 heterocycles. The molecule has 3 aliphatic carbocycles. The Labute approximate surface area is 135 Å². The standard InChI is InChI=1S/C19H33NO2/c1-12(2)8-16(21)9-13(3)18(22)20-11-14-6-7-15-10-17(14)19(15,4)5/h12,14-17,21H,3,6-11H2,1-2,4-5H3,(H,20,22). The number of hydrogen-bond acceptors (Lipinski definition) is 2. The molecule has 3 nitrogen and oxygen atoms in total. The van der Waals surface area contributed by atoms with Gasteiger partial charge in [0.05, 0.1) is 6.10 Å². The summed E-state index contributed by atoms with van der Waals surface area (Å²) in [7, 11) is 0. The van der Waals surface area contributed by atoms with Gasteiger partial charge in [-0.15, -0.1) is 0 Å². The van der Waals surface area contributed by atoms with Crippen molar-refractivity contribution in [1.29, 1.82) is 0 Å². The molecule has 3 aliphatic rings. The number of carbonyl (C=O) groups excluding carboxylic acids is 1. The highest BCUT2D eigenvalue weighted by Gasteiger charge is 2.53. The van der Waals surface area contributed by atoms with E-state index in [0.29, 0.717) is 35.7 Å². The predicted octanol–water partition coefficient (Wildman–Crippen LogP) is 3.53. The zero-order chi connectivity index (χ0) is 16.5. The van der Waals surface area contributed by atoms with E-state index in [4.69, 9.17) is 0 Å². The van der Waals surface area contributed by atoms with Gasteiger partial charge in [0.2, 0.25) is 5.91 Å². The minimum atomic E-state index is -0.459. The van der Waals surface area contributed by atoms with E-state index in [-0.39, 0.29) is 5.91 Å². The van der Waals surface area contributed by atoms with E-state index in [0.717, 1.165) is 18.4 Å². The monoisotopic (exact) mass is 307 g/mol. The molecule has 0 aliphatic heterocycles. The molecule has 3 saturated carbocycles. The van der Waals surface area contributed by atoms with E-state index in [1.807, 2.05) is 0 Å². The van der Waals surface area contributed by atoms with Gasteiger partial charge in [-0.05, 0) is 54.8 Å². The fourth-order valence-electron chi connectivity index (χ4n) is 4.56. The fourth-order valence-corrected chi connectivity index (χ4v) is 4.56. The van der Waals surface area contributed by atoms with Crippen LogP contribution < -0.4 is 5.32 Å². The van der Waals surface area contributed by atoms with Crippen molar-refractivity contribution in [3.8, 4) is 0 Å². The second-order valence-corrected chi connectivity index (χ2v) is 8.50. The highest BCUT2D eigenvalue weighted by Crippen LogP contribution is 2.61. The summed E-state index contributed by atoms with van der Waals surface area (Å²) in [5, 5.41) is 13.0. The Morgan fingerprint density at radius 2 is 2.05 bits per heavy atom. The first-order valence-corrected chi connectivity index (χ1v) is 8.85. The van der Waals surface area contributed by atoms with Gasteiger partial charge >= 0.3 is 0 Å². The van der Waals surface area contributed by atoms with Crippen LogP contribution in [0.4, 0.5) is 0 Å². The minimum Gasteiger partial charge on any atom is -0.393 e. The topological polar surface area (TPSA) is 49.3 Å². The van der Waals surface area contributed by atoms with Crippen molar-refractivity contribution in [2.24, 2.45) is 29.1 Å². The van der Waals surface area contributed by atoms with Gasteiger partial charge in [-0.1, -0.05) is 34.3 Å². The van der Waals surface area contributed by atoms with Gasteiger partial charge in [-0.2, -0.15) is 0 Å². The average Bonchev–Trinajstić information content (AvgIpc) is 2.43. The Balaban J connectivity index is 1.74. The smallest absolute Gasteiger partial charge is 0.246 e. The highest BCUT2D eigenvalue weighted by atomic mass is 16.3. The number of hydrogen-bond donors (Lipinski definition) is 2. The average molecular weight is 307 g/mol. The Bertz CT molecular complexity index is 425. The van der Waals surface area contributed by atoms with Crippen molar-refractivity contribution in [1.82, 2.24) is 5.32 Å². The van der Waals surface area contributed by atoms with E-state index in [2.05, 4.69) is 39.6 Å². The van der Waals surface area contributed by atoms with Crippen molar-refractivity contribution in [3.63, 3.8) is 0 Å². The molecule has 3 rings (SSSR count). The molecule has 0 aromatic carbocycles. The van der Waals surface area contributed by atoms with E-state index < -0.39 is 6.10 Å². The Hall–Kier alpha value is -0.830. The molecular weight excluding hydrogens is 274 g/mol. The van der Waals surface area contributed by atoms with Crippen molar-refractivity contribution in [2.75, 3.05) is 6.54 Å². The van der Waals surface area contributed by atoms with Crippen molar-refractivity contribution >= 4 is 5.91 Å². The molecule has 4 atom stereocenters. The molecule has 0 aromatic heterocycles. The van der Waals surface area contributed by atoms with E-state index in [1.54, 1.807) is 0 Å². The number of fused-ring (bicyclic) bond motifs is 2. The summed E-state index contributed by atoms with van der Waals surface area (Å²) in [6.45, 7) is 13.5. The number of amides is 1. The van der Waals surface area contributed by atoms with Gasteiger partial charge in [-0.3, -0.25) is 4.79 Å². The van der Waals surface area contributed by atoms with Crippen LogP contribution >= 0.6 is 0 Å². The van der Waals surface area contributed by atoms with Crippen LogP contribution in [0.5, 0.6) is 0 Å². The Kier molecular flexibility index (Phi) is 5.37. The van der Waals surface area contributed by atoms with Crippen LogP contribution in [0, 0.1) is 29.1 Å². The lowest BCUT2D eigenvalue weighted by Gasteiger charge is -2.60. The second kappa shape index (κ2) is 6.74. The quantitative estimate of drug-likeness (QED) is 0.707. The van der Waals surface area contributed by atoms with Crippen LogP contribution in [0.2, 0.25) is 0 Å². The maximum atomic E-state index is 12.2. The lowest BCUT2D eigenvalue weighted by molar-refractivity contribution is -0.122. The number of rotatable bonds is 7. The van der Waals surface area contributed by atoms with Crippen LogP contribution in [0.1, 0.15) is 59.8 Å². The molecule has 0 saturated heterocycles. The van der Waals surface area contributed by atoms with Crippen LogP contribution in [-0.2, 0) is 4.79 Å². The SMILES string of the molecule is C=C(CC(O)CC(C)C)C(=O)NCC1CCC2CC1C2(C)C. The lowest BCUT2D eigenvalue weighted by atomic mass is 9.45. The van der Waals surface area contributed by atoms with E-state index in [9.17, 15) is 9.90 Å². The maximum absolute atomic E-state index is 12.2. The van der Waals surface area contributed by atoms with Crippen LogP contribution in [0.25, 0.3) is 0 Å². The van der Waals surface area contributed by atoms with Crippen LogP contribution in [0.3, 0.4) is 0 Å². The van der Waals surface area contributed by atoms with Gasteiger partial charge in [-0.25, -0.2) is 0 Å². The van der Waals surface area contributed by atoms with E-state index >= 15 is 0 Å². The molecule has 0 radical (unpaired) electrons. The number of aliphatic hydroxyl groups excluding tert-OH is 1. The Morgan fingerprint density at radius 3 is 2.59 bits per heavy atom. The number of nitrogens with one attached hydrogen (secondary N) is 1. The third kappa shape index (κ3) is 3.73. The van der Waals surface area contributed by atoms with Crippen molar-refractivity contribution in [3.05, 3.63) is 12.2 Å². The maximum Gasteiger partial charge on any atom is 0.246 e. The van der Waals surface area contributed by atoms with Crippen LogP contribution in [0.15, 0.2) is 12.2 Å². The fraction of sp³-hybridized carbons (Fsp3) is 0.842. The second-order valence-electron chi connectivity index (χ2n) is 8.50. The number of carbonyl (C=O) groups is 1. The molecule has 3 fully saturated rings. The van der Waals surface area contributed by atoms with Gasteiger partial charge in [0.15, 0.2) is 0 Å². The molecule has 2 bridgehead atoms. The summed E-state index contributed by atoms with van der Waals surface area (Å²) >= 11 is 0. The minimum absolute atomic E-state index is 0.0814. The summed E-state index contributed by atoms with van der Waals surface area (Å²) in [5.74, 6) is 2.61. The molecule has 126 valence electrons. The highest BCUT2D eigenvalue weighted by molar-refractivity contribution is 5.92. The van der Waals surface area contributed by atoms with Crippen molar-refractivity contribution < 1.29 is 9.90 Å². The summed E-state index contributed by atoms with van der Waals surface area (Å²) in [6.07, 6.45) is 4.51. The normalized spacial score (nSPS) is 30.5. The van der Waals surface area contributed by atoms with Gasteiger partial charge in [0, 0.05) is 18.5 Å². The van der Waals surface area contributed by atoms with Gasteiger partial charge in [0.1, 0.15) is 0 Å². The largest absolute Gasteiger partial charge is 0.393 e. The molecule has 3 heteroatoms. The molecule has 1 amide bonds. The van der Waals surface area contributed by atoms with Gasteiger partial charge in [0.25, 0.3) is 0 Å². The zero-order valence-corrected chi connectivity index (χ0v) is 14.7. The zero-order valence-electron chi connectivity index (χ0n) is 14.7. The van der Waals surface area contributed by atoms with Crippen LogP contribution in [-0.4, -0.2) is 23.7 Å². The first kappa shape index (κ1) is 17.5. The number of aliphatic hydroxyl groups is 1. The molecule has 0 spiro atoms. The molecule has 2 N–H and O–H groups in total. The molecular formula is C19H33NO2. The third-order valence-electron chi connectivity index (χ3n) is 6.07. The summed E-state index contributed by atoms with van der Waals surface area (Å²) in [5.41, 5.74) is 0.965. The molecule has 22 heavy (non-hydrogen) atoms. The first-order valence-electron chi connectivity index (χ1n) is 8.85. The Morgan fingerprint density at radius 1 is 1.36 bits per heavy atom. The van der Waals surface area contributed by atoms with Crippen molar-refractivity contribution in [2.45, 2.75) is 65.9 Å². The summed E-state index contributed by atoms with van der Waals surface area (Å²) < 4.78 is 0. The van der Waals surface area contributed by atoms with E-state index in [1.165, 1.54) is 19.3 Å².